The average molecular weight is 1080 g/mol. The third-order valence-corrected chi connectivity index (χ3v) is 17.9. The van der Waals surface area contributed by atoms with Gasteiger partial charge in [0.2, 0.25) is 5.95 Å². The second kappa shape index (κ2) is 17.7. The molecule has 0 amide bonds. The van der Waals surface area contributed by atoms with E-state index in [4.69, 9.17) is 19.9 Å². The quantitative estimate of drug-likeness (QED) is 0.159. The Bertz CT molecular complexity index is 5640. The lowest BCUT2D eigenvalue weighted by atomic mass is 10.0. The SMILES string of the molecule is c1ccc2c(c#1)c1cc(-c3ccc(-c4nc(-c5ccccc5)nc(-n5c6ccccc6c6ccc7c8ccccc8n(-c8ccccc8)c7c65)n4)cc3)ccc1n2-c1nccc2c1sc1ccc(-n3c4ccccc4c4ccccc43)cc12. The van der Waals surface area contributed by atoms with Crippen molar-refractivity contribution in [3.8, 4) is 57.0 Å². The number of hydrogen-bond donors (Lipinski definition) is 0. The van der Waals surface area contributed by atoms with E-state index in [1.807, 2.05) is 30.5 Å². The van der Waals surface area contributed by atoms with E-state index in [1.54, 1.807) is 11.3 Å². The third kappa shape index (κ3) is 6.76. The maximum absolute atomic E-state index is 5.43. The lowest BCUT2D eigenvalue weighted by molar-refractivity contribution is 0.953. The highest BCUT2D eigenvalue weighted by Crippen LogP contribution is 2.44. The van der Waals surface area contributed by atoms with Gasteiger partial charge < -0.3 is 9.13 Å². The zero-order valence-electron chi connectivity index (χ0n) is 44.2. The van der Waals surface area contributed by atoms with Gasteiger partial charge in [-0.1, -0.05) is 176 Å². The first-order valence-electron chi connectivity index (χ1n) is 27.8. The summed E-state index contributed by atoms with van der Waals surface area (Å²) in [7, 11) is 0. The summed E-state index contributed by atoms with van der Waals surface area (Å²) >= 11 is 1.79. The Morgan fingerprint density at radius 3 is 1.58 bits per heavy atom. The lowest BCUT2D eigenvalue weighted by Gasteiger charge is -2.13. The number of pyridine rings is 1. The molecule has 18 aromatic rings. The van der Waals surface area contributed by atoms with Gasteiger partial charge >= 0.3 is 0 Å². The van der Waals surface area contributed by atoms with Crippen LogP contribution in [0.1, 0.15) is 0 Å². The Labute approximate surface area is 478 Å². The molecular formula is C74H42N8S. The number of thiophene rings is 1. The molecule has 384 valence electrons. The van der Waals surface area contributed by atoms with E-state index in [0.717, 1.165) is 104 Å². The van der Waals surface area contributed by atoms with Crippen LogP contribution in [0.15, 0.2) is 255 Å². The molecule has 0 fully saturated rings. The Balaban J connectivity index is 0.765. The predicted octanol–water partition coefficient (Wildman–Crippen LogP) is 18.6. The van der Waals surface area contributed by atoms with Gasteiger partial charge in [0.25, 0.3) is 0 Å². The number of aromatic nitrogens is 8. The predicted molar refractivity (Wildman–Crippen MR) is 342 cm³/mol. The van der Waals surface area contributed by atoms with Crippen molar-refractivity contribution in [2.45, 2.75) is 0 Å². The highest BCUT2D eigenvalue weighted by molar-refractivity contribution is 7.26. The van der Waals surface area contributed by atoms with E-state index in [0.29, 0.717) is 17.6 Å². The molecule has 7 heterocycles. The maximum atomic E-state index is 5.43. The monoisotopic (exact) mass is 1070 g/mol. The molecule has 8 nitrogen and oxygen atoms in total. The number of hydrogen-bond acceptors (Lipinski definition) is 5. The van der Waals surface area contributed by atoms with E-state index in [2.05, 4.69) is 255 Å². The first-order valence-corrected chi connectivity index (χ1v) is 28.6. The molecule has 0 radical (unpaired) electrons. The van der Waals surface area contributed by atoms with Crippen LogP contribution in [0, 0.1) is 12.1 Å². The Hall–Kier alpha value is -11.2. The number of benzene rings is 10. The summed E-state index contributed by atoms with van der Waals surface area (Å²) in [6.07, 6.45) is 1.95. The Morgan fingerprint density at radius 1 is 0.337 bits per heavy atom. The van der Waals surface area contributed by atoms with Gasteiger partial charge in [-0.25, -0.2) is 9.97 Å². The molecule has 83 heavy (non-hydrogen) atoms. The second-order valence-corrected chi connectivity index (χ2v) is 22.3. The summed E-state index contributed by atoms with van der Waals surface area (Å²) < 4.78 is 11.7. The molecule has 0 aliphatic rings. The van der Waals surface area contributed by atoms with Crippen LogP contribution in [0.2, 0.25) is 0 Å². The minimum absolute atomic E-state index is 0.543. The number of rotatable bonds is 7. The molecule has 0 unspecified atom stereocenters. The van der Waals surface area contributed by atoms with E-state index in [1.165, 1.54) is 42.7 Å². The third-order valence-electron chi connectivity index (χ3n) is 16.7. The van der Waals surface area contributed by atoms with E-state index >= 15 is 0 Å². The molecule has 0 bridgehead atoms. The minimum Gasteiger partial charge on any atom is -0.309 e. The number of para-hydroxylation sites is 5. The highest BCUT2D eigenvalue weighted by Gasteiger charge is 2.25. The second-order valence-electron chi connectivity index (χ2n) is 21.2. The first-order chi connectivity index (χ1) is 41.2. The molecule has 0 atom stereocenters. The molecule has 18 rings (SSSR count). The molecule has 0 N–H and O–H groups in total. The topological polar surface area (TPSA) is 71.3 Å². The number of nitrogens with zero attached hydrogens (tertiary/aromatic N) is 8. The highest BCUT2D eigenvalue weighted by atomic mass is 32.1. The summed E-state index contributed by atoms with van der Waals surface area (Å²) in [5.41, 5.74) is 14.9. The van der Waals surface area contributed by atoms with Crippen LogP contribution >= 0.6 is 11.3 Å². The van der Waals surface area contributed by atoms with E-state index < -0.39 is 0 Å². The molecule has 0 aliphatic heterocycles. The fourth-order valence-electron chi connectivity index (χ4n) is 13.1. The summed E-state index contributed by atoms with van der Waals surface area (Å²) in [5.74, 6) is 2.61. The van der Waals surface area contributed by atoms with Gasteiger partial charge in [-0.2, -0.15) is 9.97 Å². The van der Waals surface area contributed by atoms with Crippen LogP contribution in [-0.4, -0.2) is 38.2 Å². The Kier molecular flexibility index (Phi) is 9.71. The van der Waals surface area contributed by atoms with Gasteiger partial charge in [-0.05, 0) is 96.1 Å². The number of fused-ring (bicyclic) bond motifs is 16. The molecule has 0 aliphatic carbocycles. The fourth-order valence-corrected chi connectivity index (χ4v) is 14.3. The van der Waals surface area contributed by atoms with Crippen molar-refractivity contribution in [1.29, 1.82) is 0 Å². The maximum Gasteiger partial charge on any atom is 0.238 e. The summed E-state index contributed by atoms with van der Waals surface area (Å²) in [6.45, 7) is 0. The van der Waals surface area contributed by atoms with Crippen LogP contribution < -0.4 is 0 Å². The molecular weight excluding hydrogens is 1030 g/mol. The van der Waals surface area contributed by atoms with E-state index in [9.17, 15) is 0 Å². The van der Waals surface area contributed by atoms with Gasteiger partial charge in [0, 0.05) is 81.9 Å². The van der Waals surface area contributed by atoms with Crippen LogP contribution in [-0.2, 0) is 0 Å². The van der Waals surface area contributed by atoms with Crippen LogP contribution in [0.3, 0.4) is 0 Å². The standard InChI is InChI=1S/C74H42N8S/c1-3-17-46(18-4-1)71-76-72(78-74(77-71)82-65-30-16-10-24-54(65)57-38-37-56-53-23-9-14-28-63(53)80(68(56)69(57)82)49-19-5-2-6-20-49)47-33-31-45(32-34-47)48-35-39-66-59(43-48)55-25-11-15-29-64(55)81(66)73-70-58(41-42-75-73)60-44-50(36-40-67(60)83-70)79-61-26-12-7-21-51(61)52-22-8-13-27-62(52)79/h1-10,12-24,26-44H. The molecule has 0 saturated carbocycles. The normalized spacial score (nSPS) is 12.0. The zero-order valence-corrected chi connectivity index (χ0v) is 45.1. The van der Waals surface area contributed by atoms with Gasteiger partial charge in [0.05, 0.1) is 54.2 Å². The Morgan fingerprint density at radius 2 is 0.892 bits per heavy atom. The van der Waals surface area contributed by atoms with Crippen molar-refractivity contribution in [3.05, 3.63) is 267 Å². The van der Waals surface area contributed by atoms with E-state index in [-0.39, 0.29) is 0 Å². The van der Waals surface area contributed by atoms with Crippen LogP contribution in [0.5, 0.6) is 0 Å². The molecule has 0 saturated heterocycles. The summed E-state index contributed by atoms with van der Waals surface area (Å²) in [4.78, 5) is 21.2. The van der Waals surface area contributed by atoms with Crippen molar-refractivity contribution in [3.63, 3.8) is 0 Å². The van der Waals surface area contributed by atoms with Crippen molar-refractivity contribution < 1.29 is 0 Å². The molecule has 0 spiro atoms. The zero-order chi connectivity index (χ0) is 54.3. The largest absolute Gasteiger partial charge is 0.309 e. The van der Waals surface area contributed by atoms with Crippen molar-refractivity contribution in [1.82, 2.24) is 38.2 Å². The van der Waals surface area contributed by atoms with Crippen molar-refractivity contribution in [2.24, 2.45) is 0 Å². The molecule has 11 aromatic carbocycles. The van der Waals surface area contributed by atoms with Gasteiger partial charge in [-0.15, -0.1) is 11.3 Å². The smallest absolute Gasteiger partial charge is 0.238 e. The molecule has 7 aromatic heterocycles. The van der Waals surface area contributed by atoms with Crippen molar-refractivity contribution in [2.75, 3.05) is 0 Å². The van der Waals surface area contributed by atoms with Crippen LogP contribution in [0.4, 0.5) is 0 Å². The summed E-state index contributed by atoms with van der Waals surface area (Å²) in [6, 6.07) is 95.2. The van der Waals surface area contributed by atoms with Gasteiger partial charge in [0.1, 0.15) is 0 Å². The molecule has 9 heteroatoms. The first kappa shape index (κ1) is 45.7. The fraction of sp³-hybridized carbons (Fsp3) is 0. The minimum atomic E-state index is 0.543. The summed E-state index contributed by atoms with van der Waals surface area (Å²) in [5, 5.41) is 11.5. The van der Waals surface area contributed by atoms with Gasteiger partial charge in [-0.3, -0.25) is 9.13 Å². The van der Waals surface area contributed by atoms with Crippen LogP contribution in [0.25, 0.3) is 164 Å². The van der Waals surface area contributed by atoms with Gasteiger partial charge in [0.15, 0.2) is 17.5 Å². The lowest BCUT2D eigenvalue weighted by Crippen LogP contribution is -2.07. The average Bonchev–Trinajstić information content (AvgIpc) is 1.92. The van der Waals surface area contributed by atoms with Crippen molar-refractivity contribution >= 4 is 119 Å².